The molecule has 1 amide bonds. The van der Waals surface area contributed by atoms with E-state index in [0.717, 1.165) is 31.5 Å². The van der Waals surface area contributed by atoms with Crippen LogP contribution in [0.25, 0.3) is 0 Å². The third-order valence-electron chi connectivity index (χ3n) is 5.73. The third kappa shape index (κ3) is 2.21. The second-order valence-corrected chi connectivity index (χ2v) is 7.22. The van der Waals surface area contributed by atoms with E-state index in [0.29, 0.717) is 6.42 Å². The quantitative estimate of drug-likeness (QED) is 0.845. The fourth-order valence-electron chi connectivity index (χ4n) is 4.45. The minimum absolute atomic E-state index is 0.102. The number of rotatable bonds is 3. The van der Waals surface area contributed by atoms with E-state index in [9.17, 15) is 9.90 Å². The molecule has 1 unspecified atom stereocenters. The summed E-state index contributed by atoms with van der Waals surface area (Å²) >= 11 is 0. The molecule has 3 fully saturated rings. The molecule has 1 aromatic rings. The van der Waals surface area contributed by atoms with Gasteiger partial charge in [-0.15, -0.1) is 0 Å². The Bertz CT molecular complexity index is 640. The Balaban J connectivity index is 1.71. The molecule has 0 saturated carbocycles. The van der Waals surface area contributed by atoms with E-state index in [1.54, 1.807) is 18.9 Å². The van der Waals surface area contributed by atoms with Crippen LogP contribution < -0.4 is 5.32 Å². The fourth-order valence-corrected chi connectivity index (χ4v) is 4.45. The lowest BCUT2D eigenvalue weighted by atomic mass is 9.97. The molecule has 4 rings (SSSR count). The molecule has 3 saturated heterocycles. The minimum atomic E-state index is -1.55. The van der Waals surface area contributed by atoms with Gasteiger partial charge in [0.2, 0.25) is 5.72 Å². The topological polar surface area (TPSA) is 65.0 Å². The van der Waals surface area contributed by atoms with Gasteiger partial charge in [-0.25, -0.2) is 0 Å². The van der Waals surface area contributed by atoms with Gasteiger partial charge in [0.05, 0.1) is 12.1 Å². The van der Waals surface area contributed by atoms with Crippen molar-refractivity contribution in [2.75, 3.05) is 20.1 Å². The Morgan fingerprint density at radius 2 is 2.12 bits per heavy atom. The number of piperazine rings is 1. The van der Waals surface area contributed by atoms with Gasteiger partial charge in [-0.1, -0.05) is 30.3 Å². The van der Waals surface area contributed by atoms with Crippen LogP contribution in [0.1, 0.15) is 25.3 Å². The van der Waals surface area contributed by atoms with Crippen LogP contribution in [0.4, 0.5) is 0 Å². The molecule has 6 nitrogen and oxygen atoms in total. The molecule has 3 heterocycles. The van der Waals surface area contributed by atoms with Gasteiger partial charge in [0.15, 0.2) is 0 Å². The van der Waals surface area contributed by atoms with E-state index in [-0.39, 0.29) is 18.0 Å². The van der Waals surface area contributed by atoms with Crippen molar-refractivity contribution in [3.63, 3.8) is 0 Å². The highest BCUT2D eigenvalue weighted by molar-refractivity contribution is 5.87. The first-order chi connectivity index (χ1) is 11.5. The van der Waals surface area contributed by atoms with E-state index in [1.165, 1.54) is 0 Å². The molecule has 1 aromatic carbocycles. The van der Waals surface area contributed by atoms with E-state index in [2.05, 4.69) is 22.3 Å². The summed E-state index contributed by atoms with van der Waals surface area (Å²) in [6.45, 7) is 3.42. The largest absolute Gasteiger partial charge is 0.347 e. The highest BCUT2D eigenvalue weighted by Gasteiger charge is 2.66. The molecule has 0 spiro atoms. The molecule has 0 radical (unpaired) electrons. The monoisotopic (exact) mass is 331 g/mol. The lowest BCUT2D eigenvalue weighted by Crippen LogP contribution is -2.69. The van der Waals surface area contributed by atoms with Crippen LogP contribution in [0.5, 0.6) is 0 Å². The van der Waals surface area contributed by atoms with Gasteiger partial charge in [0, 0.05) is 6.54 Å². The van der Waals surface area contributed by atoms with Crippen LogP contribution in [-0.4, -0.2) is 64.7 Å². The van der Waals surface area contributed by atoms with Crippen molar-refractivity contribution in [1.29, 1.82) is 0 Å². The van der Waals surface area contributed by atoms with Gasteiger partial charge in [-0.3, -0.25) is 19.9 Å². The van der Waals surface area contributed by atoms with Crippen LogP contribution >= 0.6 is 0 Å². The number of hydrogen-bond donors (Lipinski definition) is 2. The van der Waals surface area contributed by atoms with Gasteiger partial charge >= 0.3 is 0 Å². The summed E-state index contributed by atoms with van der Waals surface area (Å²) in [6, 6.07) is 9.87. The molecule has 3 aliphatic heterocycles. The zero-order valence-corrected chi connectivity index (χ0v) is 14.2. The SMILES string of the molecule is CNC1(C)O[C@@]2(O)[C@@H]3CCCN3C[C@H](Cc3ccccc3)N2C1=O. The molecule has 0 aliphatic carbocycles. The second-order valence-electron chi connectivity index (χ2n) is 7.22. The molecule has 0 aromatic heterocycles. The van der Waals surface area contributed by atoms with Crippen molar-refractivity contribution < 1.29 is 14.6 Å². The maximum atomic E-state index is 13.0. The second kappa shape index (κ2) is 5.52. The number of likely N-dealkylation sites (N-methyl/N-ethyl adjacent to an activating group) is 1. The van der Waals surface area contributed by atoms with Crippen molar-refractivity contribution in [2.45, 2.75) is 49.9 Å². The van der Waals surface area contributed by atoms with Crippen molar-refractivity contribution in [3.05, 3.63) is 35.9 Å². The van der Waals surface area contributed by atoms with E-state index in [1.807, 2.05) is 18.2 Å². The van der Waals surface area contributed by atoms with Crippen molar-refractivity contribution in [3.8, 4) is 0 Å². The Hall–Kier alpha value is -1.47. The zero-order chi connectivity index (χ0) is 16.9. The van der Waals surface area contributed by atoms with Crippen molar-refractivity contribution in [2.24, 2.45) is 0 Å². The molecule has 2 N–H and O–H groups in total. The van der Waals surface area contributed by atoms with Gasteiger partial charge in [-0.2, -0.15) is 0 Å². The Labute approximate surface area is 142 Å². The van der Waals surface area contributed by atoms with Crippen molar-refractivity contribution >= 4 is 5.91 Å². The van der Waals surface area contributed by atoms with Crippen LogP contribution in [0.15, 0.2) is 30.3 Å². The predicted molar refractivity (Wildman–Crippen MR) is 88.9 cm³/mol. The van der Waals surface area contributed by atoms with Gasteiger partial charge in [-0.05, 0) is 45.3 Å². The normalized spacial score (nSPS) is 39.1. The molecule has 24 heavy (non-hydrogen) atoms. The van der Waals surface area contributed by atoms with Gasteiger partial charge < -0.3 is 9.84 Å². The van der Waals surface area contributed by atoms with E-state index >= 15 is 0 Å². The summed E-state index contributed by atoms with van der Waals surface area (Å²) in [5, 5.41) is 14.3. The number of carbonyl (C=O) groups is 1. The Kier molecular flexibility index (Phi) is 3.69. The first-order valence-corrected chi connectivity index (χ1v) is 8.71. The molecule has 4 atom stereocenters. The number of carbonyl (C=O) groups excluding carboxylic acids is 1. The first-order valence-electron chi connectivity index (χ1n) is 8.71. The lowest BCUT2D eigenvalue weighted by Gasteiger charge is -2.49. The van der Waals surface area contributed by atoms with Crippen LogP contribution in [0, 0.1) is 0 Å². The summed E-state index contributed by atoms with van der Waals surface area (Å²) in [5.41, 5.74) is -0.0178. The summed E-state index contributed by atoms with van der Waals surface area (Å²) < 4.78 is 5.96. The molecular weight excluding hydrogens is 306 g/mol. The Morgan fingerprint density at radius 3 is 2.83 bits per heavy atom. The molecule has 6 heteroatoms. The van der Waals surface area contributed by atoms with Gasteiger partial charge in [0.25, 0.3) is 11.8 Å². The highest BCUT2D eigenvalue weighted by Crippen LogP contribution is 2.44. The van der Waals surface area contributed by atoms with Crippen LogP contribution in [0.2, 0.25) is 0 Å². The van der Waals surface area contributed by atoms with E-state index < -0.39 is 11.6 Å². The number of fused-ring (bicyclic) bond motifs is 3. The fraction of sp³-hybridized carbons (Fsp3) is 0.611. The van der Waals surface area contributed by atoms with Gasteiger partial charge in [0.1, 0.15) is 0 Å². The molecule has 0 bridgehead atoms. The smallest absolute Gasteiger partial charge is 0.274 e. The first kappa shape index (κ1) is 16.0. The average Bonchev–Trinajstić information content (AvgIpc) is 3.11. The highest BCUT2D eigenvalue weighted by atomic mass is 16.7. The van der Waals surface area contributed by atoms with Crippen molar-refractivity contribution in [1.82, 2.24) is 15.1 Å². The standard InChI is InChI=1S/C18H25N3O3/c1-17(19-2)16(22)21-14(11-13-7-4-3-5-8-13)12-20-10-6-9-15(20)18(21,23)24-17/h3-5,7-8,14-15,19,23H,6,9-12H2,1-2H3/t14-,15-,17?,18-/m0/s1. The summed E-state index contributed by atoms with van der Waals surface area (Å²) in [6.07, 6.45) is 2.58. The maximum absolute atomic E-state index is 13.0. The zero-order valence-electron chi connectivity index (χ0n) is 14.2. The summed E-state index contributed by atoms with van der Waals surface area (Å²) in [4.78, 5) is 16.9. The van der Waals surface area contributed by atoms with E-state index in [4.69, 9.17) is 4.74 Å². The van der Waals surface area contributed by atoms with Crippen LogP contribution in [0.3, 0.4) is 0 Å². The minimum Gasteiger partial charge on any atom is -0.347 e. The number of nitrogens with one attached hydrogen (secondary N) is 1. The molecule has 130 valence electrons. The van der Waals surface area contributed by atoms with Crippen LogP contribution in [-0.2, 0) is 16.0 Å². The summed E-state index contributed by atoms with van der Waals surface area (Å²) in [7, 11) is 1.69. The molecular formula is C18H25N3O3. The maximum Gasteiger partial charge on any atom is 0.274 e. The number of hydrogen-bond acceptors (Lipinski definition) is 5. The predicted octanol–water partition coefficient (Wildman–Crippen LogP) is 0.516. The number of ether oxygens (including phenoxy) is 1. The number of benzene rings is 1. The number of nitrogens with zero attached hydrogens (tertiary/aromatic N) is 2. The number of amides is 1. The molecule has 3 aliphatic rings. The average molecular weight is 331 g/mol. The third-order valence-corrected chi connectivity index (χ3v) is 5.73. The lowest BCUT2D eigenvalue weighted by molar-refractivity contribution is -0.322. The number of aliphatic hydroxyl groups is 1. The Morgan fingerprint density at radius 1 is 1.38 bits per heavy atom. The summed E-state index contributed by atoms with van der Waals surface area (Å²) in [5.74, 6) is -1.73.